The number of piperidine rings is 1. The zero-order chi connectivity index (χ0) is 21.6. The van der Waals surface area contributed by atoms with Gasteiger partial charge in [0.1, 0.15) is 11.1 Å². The van der Waals surface area contributed by atoms with Gasteiger partial charge in [-0.1, -0.05) is 0 Å². The molecule has 2 aliphatic rings. The maximum atomic E-state index is 12.9. The van der Waals surface area contributed by atoms with Crippen LogP contribution in [0.15, 0.2) is 12.4 Å². The van der Waals surface area contributed by atoms with Crippen LogP contribution in [-0.2, 0) is 15.7 Å². The number of carbonyl (C=O) groups excluding carboxylic acids is 3. The van der Waals surface area contributed by atoms with Gasteiger partial charge in [-0.3, -0.25) is 4.79 Å². The van der Waals surface area contributed by atoms with E-state index in [0.29, 0.717) is 11.1 Å². The molecule has 0 bridgehead atoms. The fraction of sp³-hybridized carbons (Fsp3) is 0.588. The number of urea groups is 1. The third-order valence-corrected chi connectivity index (χ3v) is 4.59. The van der Waals surface area contributed by atoms with Gasteiger partial charge < -0.3 is 15.0 Å². The van der Waals surface area contributed by atoms with Crippen molar-refractivity contribution in [2.24, 2.45) is 0 Å². The van der Waals surface area contributed by atoms with Gasteiger partial charge in [0, 0.05) is 13.1 Å². The van der Waals surface area contributed by atoms with Crippen LogP contribution in [-0.4, -0.2) is 57.1 Å². The Labute approximate surface area is 164 Å². The Hall–Kier alpha value is -2.92. The van der Waals surface area contributed by atoms with Crippen LogP contribution >= 0.6 is 0 Å². The lowest BCUT2D eigenvalue weighted by Crippen LogP contribution is -2.56. The molecule has 0 unspecified atom stereocenters. The van der Waals surface area contributed by atoms with E-state index in [1.165, 1.54) is 4.90 Å². The molecule has 12 heteroatoms. The molecule has 1 aromatic heterocycles. The van der Waals surface area contributed by atoms with E-state index in [4.69, 9.17) is 4.74 Å². The van der Waals surface area contributed by atoms with Crippen molar-refractivity contribution < 1.29 is 32.3 Å². The fourth-order valence-corrected chi connectivity index (χ4v) is 3.15. The van der Waals surface area contributed by atoms with Crippen molar-refractivity contribution in [2.75, 3.05) is 18.0 Å². The third-order valence-electron chi connectivity index (χ3n) is 4.59. The maximum Gasteiger partial charge on any atom is 0.434 e. The first kappa shape index (κ1) is 20.8. The summed E-state index contributed by atoms with van der Waals surface area (Å²) in [5.41, 5.74) is -3.14. The predicted octanol–water partition coefficient (Wildman–Crippen LogP) is 2.32. The topological polar surface area (TPSA) is 105 Å². The Morgan fingerprint density at radius 1 is 1.14 bits per heavy atom. The van der Waals surface area contributed by atoms with Gasteiger partial charge in [0.15, 0.2) is 11.5 Å². The minimum Gasteiger partial charge on any atom is -0.444 e. The van der Waals surface area contributed by atoms with Crippen LogP contribution in [0.2, 0.25) is 0 Å². The van der Waals surface area contributed by atoms with Crippen molar-refractivity contribution in [3.63, 3.8) is 0 Å². The average molecular weight is 415 g/mol. The monoisotopic (exact) mass is 415 g/mol. The maximum absolute atomic E-state index is 12.9. The van der Waals surface area contributed by atoms with E-state index in [0.717, 1.165) is 6.20 Å². The van der Waals surface area contributed by atoms with Crippen LogP contribution in [0.5, 0.6) is 0 Å². The number of halogens is 3. The number of hydrogen-bond acceptors (Lipinski definition) is 6. The lowest BCUT2D eigenvalue weighted by atomic mass is 9.87. The van der Waals surface area contributed by atoms with Crippen molar-refractivity contribution >= 4 is 23.8 Å². The van der Waals surface area contributed by atoms with Crippen LogP contribution in [0.1, 0.15) is 39.3 Å². The Morgan fingerprint density at radius 2 is 1.76 bits per heavy atom. The summed E-state index contributed by atoms with van der Waals surface area (Å²) in [7, 11) is 0. The minimum atomic E-state index is -4.68. The highest BCUT2D eigenvalue weighted by Crippen LogP contribution is 2.33. The number of ether oxygens (including phenoxy) is 1. The second kappa shape index (κ2) is 6.85. The number of likely N-dealkylation sites (tertiary alicyclic amines) is 1. The molecule has 9 nitrogen and oxygen atoms in total. The van der Waals surface area contributed by atoms with E-state index >= 15 is 0 Å². The van der Waals surface area contributed by atoms with Crippen LogP contribution in [0.4, 0.5) is 28.6 Å². The first-order valence-electron chi connectivity index (χ1n) is 8.86. The highest BCUT2D eigenvalue weighted by molar-refractivity contribution is 6.22. The summed E-state index contributed by atoms with van der Waals surface area (Å²) in [6, 6.07) is -0.797. The Balaban J connectivity index is 1.72. The van der Waals surface area contributed by atoms with Crippen molar-refractivity contribution in [1.29, 1.82) is 0 Å². The number of imide groups is 1. The van der Waals surface area contributed by atoms with Crippen LogP contribution in [0.3, 0.4) is 0 Å². The van der Waals surface area contributed by atoms with Gasteiger partial charge in [-0.15, -0.1) is 0 Å². The molecule has 29 heavy (non-hydrogen) atoms. The lowest BCUT2D eigenvalue weighted by molar-refractivity contribution is -0.141. The molecule has 1 N–H and O–H groups in total. The van der Waals surface area contributed by atoms with Gasteiger partial charge in [0.2, 0.25) is 0 Å². The molecule has 0 radical (unpaired) electrons. The number of carbonyl (C=O) groups is 3. The number of nitrogens with one attached hydrogen (secondary N) is 1. The summed E-state index contributed by atoms with van der Waals surface area (Å²) in [4.78, 5) is 46.3. The van der Waals surface area contributed by atoms with E-state index in [1.807, 2.05) is 0 Å². The minimum absolute atomic E-state index is 0.140. The zero-order valence-corrected chi connectivity index (χ0v) is 16.0. The van der Waals surface area contributed by atoms with Gasteiger partial charge in [-0.05, 0) is 33.6 Å². The van der Waals surface area contributed by atoms with E-state index in [9.17, 15) is 27.6 Å². The molecule has 0 atom stereocenters. The first-order valence-corrected chi connectivity index (χ1v) is 8.86. The van der Waals surface area contributed by atoms with Gasteiger partial charge >= 0.3 is 18.3 Å². The van der Waals surface area contributed by atoms with Gasteiger partial charge in [-0.2, -0.15) is 13.2 Å². The number of hydrogen-bond donors (Lipinski definition) is 1. The molecule has 2 fully saturated rings. The summed E-state index contributed by atoms with van der Waals surface area (Å²) in [5.74, 6) is -0.938. The third kappa shape index (κ3) is 4.10. The number of amides is 4. The van der Waals surface area contributed by atoms with Gasteiger partial charge in [0.05, 0.1) is 12.4 Å². The molecule has 2 saturated heterocycles. The highest BCUT2D eigenvalue weighted by Gasteiger charge is 2.54. The second-order valence-corrected chi connectivity index (χ2v) is 7.88. The number of rotatable bonds is 1. The highest BCUT2D eigenvalue weighted by atomic mass is 19.4. The summed E-state index contributed by atoms with van der Waals surface area (Å²) in [6.07, 6.45) is -3.72. The molecule has 2 aliphatic heterocycles. The Kier molecular flexibility index (Phi) is 4.91. The second-order valence-electron chi connectivity index (χ2n) is 7.88. The SMILES string of the molecule is CC(C)(C)OC(=O)N1CCC2(CC1)NC(=O)N(c1cnc(C(F)(F)F)cn1)C2=O. The van der Waals surface area contributed by atoms with Gasteiger partial charge in [0.25, 0.3) is 5.91 Å². The number of anilines is 1. The average Bonchev–Trinajstić information content (AvgIpc) is 2.83. The zero-order valence-electron chi connectivity index (χ0n) is 16.0. The van der Waals surface area contributed by atoms with Crippen LogP contribution in [0, 0.1) is 0 Å². The number of alkyl halides is 3. The molecule has 0 saturated carbocycles. The molecule has 0 aromatic carbocycles. The van der Waals surface area contributed by atoms with Crippen molar-refractivity contribution in [1.82, 2.24) is 20.2 Å². The van der Waals surface area contributed by atoms with Crippen molar-refractivity contribution in [3.05, 3.63) is 18.1 Å². The Morgan fingerprint density at radius 3 is 2.24 bits per heavy atom. The quantitative estimate of drug-likeness (QED) is 0.706. The molecule has 158 valence electrons. The summed E-state index contributed by atoms with van der Waals surface area (Å²) in [5, 5.41) is 2.59. The number of nitrogens with zero attached hydrogens (tertiary/aromatic N) is 4. The van der Waals surface area contributed by atoms with Crippen LogP contribution < -0.4 is 10.2 Å². The molecular weight excluding hydrogens is 395 g/mol. The van der Waals surface area contributed by atoms with E-state index in [-0.39, 0.29) is 31.7 Å². The largest absolute Gasteiger partial charge is 0.444 e. The molecule has 1 spiro atoms. The van der Waals surface area contributed by atoms with Crippen molar-refractivity contribution in [2.45, 2.75) is 50.9 Å². The standard InChI is InChI=1S/C17H20F3N5O4/c1-15(2,3)29-14(28)24-6-4-16(5-7-24)12(26)25(13(27)23-16)11-9-21-10(8-22-11)17(18,19)20/h8-9H,4-7H2,1-3H3,(H,23,27). The molecule has 3 rings (SSSR count). The smallest absolute Gasteiger partial charge is 0.434 e. The predicted molar refractivity (Wildman–Crippen MR) is 92.8 cm³/mol. The first-order chi connectivity index (χ1) is 13.3. The molecule has 4 amide bonds. The summed E-state index contributed by atoms with van der Waals surface area (Å²) < 4.78 is 43.2. The number of aromatic nitrogens is 2. The molecule has 0 aliphatic carbocycles. The Bertz CT molecular complexity index is 827. The lowest BCUT2D eigenvalue weighted by Gasteiger charge is -2.37. The van der Waals surface area contributed by atoms with E-state index in [1.54, 1.807) is 20.8 Å². The summed E-state index contributed by atoms with van der Waals surface area (Å²) >= 11 is 0. The normalized spacial score (nSPS) is 19.5. The molecule has 3 heterocycles. The van der Waals surface area contributed by atoms with E-state index in [2.05, 4.69) is 15.3 Å². The van der Waals surface area contributed by atoms with Gasteiger partial charge in [-0.25, -0.2) is 24.5 Å². The molecule has 1 aromatic rings. The van der Waals surface area contributed by atoms with Crippen LogP contribution in [0.25, 0.3) is 0 Å². The fourth-order valence-electron chi connectivity index (χ4n) is 3.15. The van der Waals surface area contributed by atoms with E-state index < -0.39 is 41.0 Å². The van der Waals surface area contributed by atoms with Crippen molar-refractivity contribution in [3.8, 4) is 0 Å². The summed E-state index contributed by atoms with van der Waals surface area (Å²) in [6.45, 7) is 5.56. The molecular formula is C17H20F3N5O4.